The number of benzene rings is 1. The van der Waals surface area contributed by atoms with Crippen LogP contribution in [0.25, 0.3) is 11.5 Å². The summed E-state index contributed by atoms with van der Waals surface area (Å²) in [5, 5.41) is 7.22. The van der Waals surface area contributed by atoms with Crippen LogP contribution in [0.3, 0.4) is 0 Å². The number of hydrogen-bond donors (Lipinski definition) is 1. The molecule has 1 N–H and O–H groups in total. The number of nitrogens with one attached hydrogen (secondary N) is 1. The Balaban J connectivity index is 1.85. The van der Waals surface area contributed by atoms with E-state index in [1.165, 1.54) is 0 Å². The highest BCUT2D eigenvalue weighted by atomic mass is 16.5. The van der Waals surface area contributed by atoms with Gasteiger partial charge in [0.15, 0.2) is 11.5 Å². The van der Waals surface area contributed by atoms with Gasteiger partial charge in [0.1, 0.15) is 11.4 Å². The summed E-state index contributed by atoms with van der Waals surface area (Å²) in [4.78, 5) is 14.7. The number of fused-ring (bicyclic) bond motifs is 1. The van der Waals surface area contributed by atoms with Crippen LogP contribution in [0.4, 0.5) is 0 Å². The zero-order valence-electron chi connectivity index (χ0n) is 14.6. The molecule has 7 nitrogen and oxygen atoms in total. The molecular formula is C19H19N3O4. The predicted octanol–water partition coefficient (Wildman–Crippen LogP) is 2.87. The molecular weight excluding hydrogens is 334 g/mol. The van der Waals surface area contributed by atoms with E-state index < -0.39 is 0 Å². The van der Waals surface area contributed by atoms with E-state index in [0.29, 0.717) is 30.3 Å². The second-order valence-corrected chi connectivity index (χ2v) is 6.01. The quantitative estimate of drug-likeness (QED) is 0.737. The Hall–Kier alpha value is -3.06. The average molecular weight is 353 g/mol. The van der Waals surface area contributed by atoms with Crippen LogP contribution in [0.15, 0.2) is 47.1 Å². The van der Waals surface area contributed by atoms with Crippen LogP contribution in [0, 0.1) is 0 Å². The molecule has 1 amide bonds. The van der Waals surface area contributed by atoms with Gasteiger partial charge in [-0.1, -0.05) is 12.1 Å². The second-order valence-electron chi connectivity index (χ2n) is 6.01. The summed E-state index contributed by atoms with van der Waals surface area (Å²) in [6, 6.07) is 11.1. The molecule has 1 unspecified atom stereocenters. The molecule has 1 aliphatic heterocycles. The Bertz CT molecular complexity index is 917. The zero-order chi connectivity index (χ0) is 18.1. The standard InChI is InChI=1S/C19H19N3O4/c1-24-10-8-22-18(12-5-3-6-13(11-12)25-2)15-16(14-7-4-9-26-14)20-21-17(15)19(22)23/h3-7,9,11,18H,8,10H2,1-2H3,(H,20,21). The number of rotatable bonds is 6. The van der Waals surface area contributed by atoms with Crippen LogP contribution in [0.1, 0.15) is 27.7 Å². The highest BCUT2D eigenvalue weighted by Crippen LogP contribution is 2.43. The molecule has 1 aromatic carbocycles. The van der Waals surface area contributed by atoms with Crippen molar-refractivity contribution in [2.24, 2.45) is 0 Å². The third-order valence-corrected chi connectivity index (χ3v) is 4.57. The lowest BCUT2D eigenvalue weighted by molar-refractivity contribution is 0.0677. The van der Waals surface area contributed by atoms with Gasteiger partial charge in [-0.15, -0.1) is 0 Å². The summed E-state index contributed by atoms with van der Waals surface area (Å²) in [5.41, 5.74) is 2.89. The number of carbonyl (C=O) groups is 1. The fourth-order valence-electron chi connectivity index (χ4n) is 3.38. The number of nitrogens with zero attached hydrogens (tertiary/aromatic N) is 2. The summed E-state index contributed by atoms with van der Waals surface area (Å²) in [7, 11) is 3.24. The van der Waals surface area contributed by atoms with Crippen molar-refractivity contribution in [3.63, 3.8) is 0 Å². The number of ether oxygens (including phenoxy) is 2. The molecule has 134 valence electrons. The van der Waals surface area contributed by atoms with Gasteiger partial charge in [0, 0.05) is 19.2 Å². The molecule has 7 heteroatoms. The first-order valence-electron chi connectivity index (χ1n) is 8.30. The van der Waals surface area contributed by atoms with E-state index in [4.69, 9.17) is 13.9 Å². The van der Waals surface area contributed by atoms with Crippen molar-refractivity contribution in [2.75, 3.05) is 27.4 Å². The molecule has 1 atom stereocenters. The monoisotopic (exact) mass is 353 g/mol. The van der Waals surface area contributed by atoms with Crippen molar-refractivity contribution in [3.8, 4) is 17.2 Å². The summed E-state index contributed by atoms with van der Waals surface area (Å²) >= 11 is 0. The van der Waals surface area contributed by atoms with Crippen LogP contribution in [-0.4, -0.2) is 48.4 Å². The van der Waals surface area contributed by atoms with Gasteiger partial charge in [0.2, 0.25) is 0 Å². The molecule has 0 saturated carbocycles. The summed E-state index contributed by atoms with van der Waals surface area (Å²) in [6.07, 6.45) is 1.60. The molecule has 0 spiro atoms. The third-order valence-electron chi connectivity index (χ3n) is 4.57. The Morgan fingerprint density at radius 1 is 1.27 bits per heavy atom. The topological polar surface area (TPSA) is 80.6 Å². The Labute approximate surface area is 150 Å². The minimum atomic E-state index is -0.290. The van der Waals surface area contributed by atoms with Crippen LogP contribution < -0.4 is 4.74 Å². The van der Waals surface area contributed by atoms with E-state index in [1.54, 1.807) is 25.4 Å². The highest BCUT2D eigenvalue weighted by Gasteiger charge is 2.42. The summed E-state index contributed by atoms with van der Waals surface area (Å²) in [5.74, 6) is 1.25. The Kier molecular flexibility index (Phi) is 4.22. The molecule has 1 aliphatic rings. The van der Waals surface area contributed by atoms with Crippen molar-refractivity contribution in [3.05, 3.63) is 59.5 Å². The van der Waals surface area contributed by atoms with Gasteiger partial charge in [0.25, 0.3) is 5.91 Å². The number of aromatic amines is 1. The maximum absolute atomic E-state index is 12.9. The minimum absolute atomic E-state index is 0.126. The van der Waals surface area contributed by atoms with Crippen molar-refractivity contribution in [2.45, 2.75) is 6.04 Å². The van der Waals surface area contributed by atoms with Crippen LogP contribution in [0.5, 0.6) is 5.75 Å². The van der Waals surface area contributed by atoms with Crippen LogP contribution in [-0.2, 0) is 4.74 Å². The molecule has 4 rings (SSSR count). The number of hydrogen-bond acceptors (Lipinski definition) is 5. The summed E-state index contributed by atoms with van der Waals surface area (Å²) < 4.78 is 16.1. The van der Waals surface area contributed by atoms with Gasteiger partial charge >= 0.3 is 0 Å². The molecule has 0 saturated heterocycles. The van der Waals surface area contributed by atoms with Crippen molar-refractivity contribution >= 4 is 5.91 Å². The lowest BCUT2D eigenvalue weighted by Crippen LogP contribution is -2.32. The molecule has 0 radical (unpaired) electrons. The lowest BCUT2D eigenvalue weighted by atomic mass is 9.98. The second kappa shape index (κ2) is 6.68. The largest absolute Gasteiger partial charge is 0.497 e. The molecule has 0 bridgehead atoms. The van der Waals surface area contributed by atoms with E-state index in [-0.39, 0.29) is 11.9 Å². The number of amides is 1. The van der Waals surface area contributed by atoms with Gasteiger partial charge in [-0.25, -0.2) is 0 Å². The average Bonchev–Trinajstić information content (AvgIpc) is 3.38. The normalized spacial score (nSPS) is 16.2. The first-order valence-corrected chi connectivity index (χ1v) is 8.30. The van der Waals surface area contributed by atoms with Gasteiger partial charge in [-0.3, -0.25) is 9.89 Å². The first-order chi connectivity index (χ1) is 12.7. The SMILES string of the molecule is COCCN1C(=O)c2n[nH]c(-c3ccco3)c2C1c1cccc(OC)c1. The van der Waals surface area contributed by atoms with E-state index in [9.17, 15) is 4.79 Å². The van der Waals surface area contributed by atoms with Crippen LogP contribution in [0.2, 0.25) is 0 Å². The Morgan fingerprint density at radius 2 is 2.15 bits per heavy atom. The third kappa shape index (κ3) is 2.57. The predicted molar refractivity (Wildman–Crippen MR) is 94.0 cm³/mol. The fraction of sp³-hybridized carbons (Fsp3) is 0.263. The molecule has 3 aromatic rings. The maximum atomic E-state index is 12.9. The van der Waals surface area contributed by atoms with E-state index in [2.05, 4.69) is 10.2 Å². The first kappa shape index (κ1) is 16.4. The molecule has 0 fully saturated rings. The molecule has 3 heterocycles. The fourth-order valence-corrected chi connectivity index (χ4v) is 3.38. The molecule has 2 aromatic heterocycles. The molecule has 26 heavy (non-hydrogen) atoms. The van der Waals surface area contributed by atoms with Gasteiger partial charge < -0.3 is 18.8 Å². The number of H-pyrrole nitrogens is 1. The van der Waals surface area contributed by atoms with Crippen molar-refractivity contribution < 1.29 is 18.7 Å². The smallest absolute Gasteiger partial charge is 0.275 e. The maximum Gasteiger partial charge on any atom is 0.275 e. The highest BCUT2D eigenvalue weighted by molar-refractivity contribution is 6.00. The van der Waals surface area contributed by atoms with Gasteiger partial charge in [-0.05, 0) is 29.8 Å². The van der Waals surface area contributed by atoms with Crippen molar-refractivity contribution in [1.82, 2.24) is 15.1 Å². The van der Waals surface area contributed by atoms with E-state index in [0.717, 1.165) is 16.9 Å². The number of methoxy groups -OCH3 is 2. The molecule has 0 aliphatic carbocycles. The number of furan rings is 1. The number of aromatic nitrogens is 2. The van der Waals surface area contributed by atoms with Gasteiger partial charge in [0.05, 0.1) is 26.0 Å². The zero-order valence-corrected chi connectivity index (χ0v) is 14.6. The Morgan fingerprint density at radius 3 is 2.88 bits per heavy atom. The van der Waals surface area contributed by atoms with E-state index in [1.807, 2.05) is 36.4 Å². The van der Waals surface area contributed by atoms with Gasteiger partial charge in [-0.2, -0.15) is 5.10 Å². The summed E-state index contributed by atoms with van der Waals surface area (Å²) in [6.45, 7) is 0.904. The van der Waals surface area contributed by atoms with Crippen LogP contribution >= 0.6 is 0 Å². The van der Waals surface area contributed by atoms with Crippen molar-refractivity contribution in [1.29, 1.82) is 0 Å². The number of carbonyl (C=O) groups excluding carboxylic acids is 1. The van der Waals surface area contributed by atoms with E-state index >= 15 is 0 Å². The minimum Gasteiger partial charge on any atom is -0.497 e. The lowest BCUT2D eigenvalue weighted by Gasteiger charge is -2.26.